The zero-order valence-electron chi connectivity index (χ0n) is 11.1. The van der Waals surface area contributed by atoms with Gasteiger partial charge in [0.2, 0.25) is 0 Å². The molecular weight excluding hydrogens is 172 g/mol. The second-order valence-electron chi connectivity index (χ2n) is 5.33. The van der Waals surface area contributed by atoms with Gasteiger partial charge in [-0.25, -0.2) is 0 Å². The molecule has 14 heavy (non-hydrogen) atoms. The van der Waals surface area contributed by atoms with E-state index in [1.807, 2.05) is 0 Å². The van der Waals surface area contributed by atoms with Crippen molar-refractivity contribution in [1.29, 1.82) is 0 Å². The van der Waals surface area contributed by atoms with Crippen LogP contribution in [-0.4, -0.2) is 48.6 Å². The number of rotatable bonds is 5. The summed E-state index contributed by atoms with van der Waals surface area (Å²) < 4.78 is 0. The molecule has 0 aliphatic rings. The predicted molar refractivity (Wildman–Crippen MR) is 64.8 cm³/mol. The Morgan fingerprint density at radius 3 is 1.93 bits per heavy atom. The van der Waals surface area contributed by atoms with Crippen LogP contribution in [0.3, 0.4) is 0 Å². The third-order valence-electron chi connectivity index (χ3n) is 3.28. The molecule has 0 spiro atoms. The van der Waals surface area contributed by atoms with Gasteiger partial charge in [-0.3, -0.25) is 0 Å². The first-order valence-corrected chi connectivity index (χ1v) is 5.70. The molecule has 0 aromatic heterocycles. The van der Waals surface area contributed by atoms with Crippen LogP contribution in [0.25, 0.3) is 0 Å². The highest BCUT2D eigenvalue weighted by atomic mass is 15.2. The Balaban J connectivity index is 3.83. The van der Waals surface area contributed by atoms with Gasteiger partial charge in [-0.1, -0.05) is 6.92 Å². The summed E-state index contributed by atoms with van der Waals surface area (Å²) in [5.41, 5.74) is 0.288. The van der Waals surface area contributed by atoms with Crippen molar-refractivity contribution in [3.63, 3.8) is 0 Å². The van der Waals surface area contributed by atoms with Gasteiger partial charge in [0, 0.05) is 24.7 Å². The highest BCUT2D eigenvalue weighted by Gasteiger charge is 2.17. The minimum atomic E-state index is 0.288. The quantitative estimate of drug-likeness (QED) is 0.672. The van der Waals surface area contributed by atoms with E-state index in [0.717, 1.165) is 13.1 Å². The van der Waals surface area contributed by atoms with Crippen molar-refractivity contribution in [2.45, 2.75) is 52.6 Å². The summed E-state index contributed by atoms with van der Waals surface area (Å²) in [6.07, 6.45) is 1.23. The topological polar surface area (TPSA) is 6.48 Å². The highest BCUT2D eigenvalue weighted by Crippen LogP contribution is 2.10. The lowest BCUT2D eigenvalue weighted by atomic mass is 10.1. The van der Waals surface area contributed by atoms with Crippen LogP contribution in [0.5, 0.6) is 0 Å². The Kier molecular flexibility index (Phi) is 5.68. The van der Waals surface area contributed by atoms with Crippen molar-refractivity contribution in [1.82, 2.24) is 9.80 Å². The van der Waals surface area contributed by atoms with Crippen LogP contribution in [0.1, 0.15) is 41.0 Å². The fraction of sp³-hybridized carbons (Fsp3) is 1.00. The Bertz CT molecular complexity index is 149. The van der Waals surface area contributed by atoms with Crippen LogP contribution >= 0.6 is 0 Å². The lowest BCUT2D eigenvalue weighted by Crippen LogP contribution is -2.43. The normalized spacial score (nSPS) is 15.2. The maximum absolute atomic E-state index is 2.43. The molecule has 0 N–H and O–H groups in total. The molecule has 86 valence electrons. The molecule has 0 aromatic rings. The minimum absolute atomic E-state index is 0.288. The van der Waals surface area contributed by atoms with Gasteiger partial charge < -0.3 is 9.80 Å². The van der Waals surface area contributed by atoms with Crippen molar-refractivity contribution < 1.29 is 0 Å². The number of nitrogens with zero attached hydrogens (tertiary/aromatic N) is 2. The molecule has 2 heteroatoms. The second kappa shape index (κ2) is 5.72. The summed E-state index contributed by atoms with van der Waals surface area (Å²) in [4.78, 5) is 4.84. The van der Waals surface area contributed by atoms with Gasteiger partial charge in [0.15, 0.2) is 0 Å². The molecule has 0 rings (SSSR count). The van der Waals surface area contributed by atoms with Crippen LogP contribution in [0.4, 0.5) is 0 Å². The van der Waals surface area contributed by atoms with Crippen LogP contribution in [0, 0.1) is 0 Å². The fourth-order valence-corrected chi connectivity index (χ4v) is 1.18. The first-order chi connectivity index (χ1) is 6.29. The number of hydrogen-bond donors (Lipinski definition) is 0. The van der Waals surface area contributed by atoms with Crippen LogP contribution in [0.15, 0.2) is 0 Å². The summed E-state index contributed by atoms with van der Waals surface area (Å²) >= 11 is 0. The minimum Gasteiger partial charge on any atom is -0.302 e. The summed E-state index contributed by atoms with van der Waals surface area (Å²) in [7, 11) is 4.41. The van der Waals surface area contributed by atoms with E-state index >= 15 is 0 Å². The highest BCUT2D eigenvalue weighted by molar-refractivity contribution is 4.74. The Labute approximate surface area is 90.3 Å². The molecular formula is C12H28N2. The second-order valence-corrected chi connectivity index (χ2v) is 5.33. The third-order valence-corrected chi connectivity index (χ3v) is 3.28. The molecule has 2 nitrogen and oxygen atoms in total. The fourth-order valence-electron chi connectivity index (χ4n) is 1.18. The summed E-state index contributed by atoms with van der Waals surface area (Å²) in [6, 6.07) is 0.698. The van der Waals surface area contributed by atoms with E-state index in [2.05, 4.69) is 58.5 Å². The van der Waals surface area contributed by atoms with Gasteiger partial charge in [-0.05, 0) is 48.2 Å². The molecule has 0 radical (unpaired) electrons. The SMILES string of the molecule is CCC(C)N(C)CCN(C)C(C)(C)C. The number of likely N-dealkylation sites (N-methyl/N-ethyl adjacent to an activating group) is 2. The smallest absolute Gasteiger partial charge is 0.0122 e. The molecule has 1 atom stereocenters. The molecule has 0 aliphatic carbocycles. The van der Waals surface area contributed by atoms with E-state index in [1.165, 1.54) is 6.42 Å². The molecule has 0 fully saturated rings. The first-order valence-electron chi connectivity index (χ1n) is 5.70. The summed E-state index contributed by atoms with van der Waals surface area (Å²) in [5.74, 6) is 0. The molecule has 0 saturated heterocycles. The van der Waals surface area contributed by atoms with Crippen LogP contribution < -0.4 is 0 Å². The lowest BCUT2D eigenvalue weighted by Gasteiger charge is -2.34. The van der Waals surface area contributed by atoms with E-state index in [4.69, 9.17) is 0 Å². The summed E-state index contributed by atoms with van der Waals surface area (Å²) in [6.45, 7) is 13.6. The molecule has 0 saturated carbocycles. The lowest BCUT2D eigenvalue weighted by molar-refractivity contribution is 0.141. The molecule has 0 bridgehead atoms. The Morgan fingerprint density at radius 1 is 1.07 bits per heavy atom. The molecule has 0 aromatic carbocycles. The average Bonchev–Trinajstić information content (AvgIpc) is 2.10. The Hall–Kier alpha value is -0.0800. The van der Waals surface area contributed by atoms with Crippen molar-refractivity contribution >= 4 is 0 Å². The van der Waals surface area contributed by atoms with Gasteiger partial charge in [0.1, 0.15) is 0 Å². The van der Waals surface area contributed by atoms with E-state index in [0.29, 0.717) is 6.04 Å². The molecule has 1 unspecified atom stereocenters. The Morgan fingerprint density at radius 2 is 1.57 bits per heavy atom. The first kappa shape index (κ1) is 13.9. The van der Waals surface area contributed by atoms with Crippen molar-refractivity contribution in [2.75, 3.05) is 27.2 Å². The predicted octanol–water partition coefficient (Wildman–Crippen LogP) is 2.45. The summed E-state index contributed by atoms with van der Waals surface area (Å²) in [5, 5.41) is 0. The number of hydrogen-bond acceptors (Lipinski definition) is 2. The van der Waals surface area contributed by atoms with Crippen molar-refractivity contribution in [3.8, 4) is 0 Å². The van der Waals surface area contributed by atoms with Crippen LogP contribution in [0.2, 0.25) is 0 Å². The van der Waals surface area contributed by atoms with Crippen molar-refractivity contribution in [3.05, 3.63) is 0 Å². The van der Waals surface area contributed by atoms with Crippen LogP contribution in [-0.2, 0) is 0 Å². The molecule has 0 aliphatic heterocycles. The monoisotopic (exact) mass is 200 g/mol. The maximum Gasteiger partial charge on any atom is 0.0122 e. The van der Waals surface area contributed by atoms with E-state index in [-0.39, 0.29) is 5.54 Å². The molecule has 0 amide bonds. The van der Waals surface area contributed by atoms with Gasteiger partial charge in [0.05, 0.1) is 0 Å². The zero-order valence-corrected chi connectivity index (χ0v) is 11.1. The largest absolute Gasteiger partial charge is 0.302 e. The van der Waals surface area contributed by atoms with E-state index in [9.17, 15) is 0 Å². The third kappa shape index (κ3) is 4.97. The van der Waals surface area contributed by atoms with Gasteiger partial charge in [-0.15, -0.1) is 0 Å². The average molecular weight is 200 g/mol. The van der Waals surface area contributed by atoms with Crippen molar-refractivity contribution in [2.24, 2.45) is 0 Å². The van der Waals surface area contributed by atoms with Gasteiger partial charge in [0.25, 0.3) is 0 Å². The standard InChI is InChI=1S/C12H28N2/c1-8-11(2)13(6)9-10-14(7)12(3,4)5/h11H,8-10H2,1-7H3. The van der Waals surface area contributed by atoms with E-state index < -0.39 is 0 Å². The van der Waals surface area contributed by atoms with E-state index in [1.54, 1.807) is 0 Å². The zero-order chi connectivity index (χ0) is 11.4. The molecule has 0 heterocycles. The van der Waals surface area contributed by atoms with Gasteiger partial charge in [-0.2, -0.15) is 0 Å². The van der Waals surface area contributed by atoms with Gasteiger partial charge >= 0.3 is 0 Å². The maximum atomic E-state index is 2.43.